The number of anilines is 1. The van der Waals surface area contributed by atoms with Crippen molar-refractivity contribution in [3.63, 3.8) is 0 Å². The quantitative estimate of drug-likeness (QED) is 0.923. The SMILES string of the molecule is Cc1cnn(CC(=O)NCc2ccc(N3CCCCC3)cc2)c1. The summed E-state index contributed by atoms with van der Waals surface area (Å²) in [7, 11) is 0. The summed E-state index contributed by atoms with van der Waals surface area (Å²) < 4.78 is 1.66. The van der Waals surface area contributed by atoms with Crippen LogP contribution in [-0.4, -0.2) is 28.8 Å². The Hall–Kier alpha value is -2.30. The molecule has 122 valence electrons. The standard InChI is InChI=1S/C18H24N4O/c1-15-11-20-22(13-15)14-18(23)19-12-16-5-7-17(8-6-16)21-9-3-2-4-10-21/h5-8,11,13H,2-4,9-10,12,14H2,1H3,(H,19,23). The molecule has 1 aliphatic heterocycles. The van der Waals surface area contributed by atoms with Gasteiger partial charge in [0.25, 0.3) is 0 Å². The van der Waals surface area contributed by atoms with Crippen LogP contribution in [0.15, 0.2) is 36.7 Å². The maximum absolute atomic E-state index is 11.9. The van der Waals surface area contributed by atoms with Gasteiger partial charge in [-0.2, -0.15) is 5.10 Å². The average Bonchev–Trinajstić information content (AvgIpc) is 2.99. The number of hydrogen-bond donors (Lipinski definition) is 1. The van der Waals surface area contributed by atoms with Crippen LogP contribution in [0.2, 0.25) is 0 Å². The number of aromatic nitrogens is 2. The van der Waals surface area contributed by atoms with Gasteiger partial charge in [-0.15, -0.1) is 0 Å². The highest BCUT2D eigenvalue weighted by Gasteiger charge is 2.10. The summed E-state index contributed by atoms with van der Waals surface area (Å²) in [5.74, 6) is -0.0202. The van der Waals surface area contributed by atoms with E-state index in [1.54, 1.807) is 10.9 Å². The molecule has 5 nitrogen and oxygen atoms in total. The van der Waals surface area contributed by atoms with Crippen LogP contribution in [0.3, 0.4) is 0 Å². The highest BCUT2D eigenvalue weighted by Crippen LogP contribution is 2.20. The molecule has 1 saturated heterocycles. The molecule has 0 spiro atoms. The van der Waals surface area contributed by atoms with E-state index < -0.39 is 0 Å². The molecule has 0 bridgehead atoms. The summed E-state index contributed by atoms with van der Waals surface area (Å²) in [4.78, 5) is 14.4. The van der Waals surface area contributed by atoms with E-state index in [0.717, 1.165) is 24.2 Å². The predicted molar refractivity (Wildman–Crippen MR) is 91.3 cm³/mol. The zero-order valence-corrected chi connectivity index (χ0v) is 13.7. The summed E-state index contributed by atoms with van der Waals surface area (Å²) >= 11 is 0. The minimum atomic E-state index is -0.0202. The lowest BCUT2D eigenvalue weighted by Gasteiger charge is -2.28. The predicted octanol–water partition coefficient (Wildman–Crippen LogP) is 2.50. The molecule has 0 unspecified atom stereocenters. The van der Waals surface area contributed by atoms with E-state index in [0.29, 0.717) is 6.54 Å². The Kier molecular flexibility index (Phi) is 4.95. The molecule has 1 aromatic carbocycles. The molecular weight excluding hydrogens is 288 g/mol. The van der Waals surface area contributed by atoms with Gasteiger partial charge in [0.15, 0.2) is 0 Å². The zero-order chi connectivity index (χ0) is 16.1. The fourth-order valence-electron chi connectivity index (χ4n) is 2.93. The van der Waals surface area contributed by atoms with Gasteiger partial charge in [-0.25, -0.2) is 0 Å². The van der Waals surface area contributed by atoms with Gasteiger partial charge in [-0.1, -0.05) is 12.1 Å². The molecule has 2 heterocycles. The van der Waals surface area contributed by atoms with E-state index in [2.05, 4.69) is 39.6 Å². The first kappa shape index (κ1) is 15.6. The smallest absolute Gasteiger partial charge is 0.241 e. The summed E-state index contributed by atoms with van der Waals surface area (Å²) in [6, 6.07) is 8.51. The normalized spacial score (nSPS) is 14.7. The molecular formula is C18H24N4O. The molecule has 3 rings (SSSR count). The number of carbonyl (C=O) groups excluding carboxylic acids is 1. The molecule has 5 heteroatoms. The third-order valence-electron chi connectivity index (χ3n) is 4.22. The van der Waals surface area contributed by atoms with Crippen molar-refractivity contribution in [2.45, 2.75) is 39.3 Å². The van der Waals surface area contributed by atoms with Gasteiger partial charge in [0.05, 0.1) is 6.20 Å². The van der Waals surface area contributed by atoms with E-state index >= 15 is 0 Å². The van der Waals surface area contributed by atoms with E-state index in [1.165, 1.54) is 24.9 Å². The molecule has 1 amide bonds. The molecule has 1 aliphatic rings. The summed E-state index contributed by atoms with van der Waals surface area (Å²) in [6.45, 7) is 5.09. The second kappa shape index (κ2) is 7.31. The van der Waals surface area contributed by atoms with Gasteiger partial charge >= 0.3 is 0 Å². The number of hydrogen-bond acceptors (Lipinski definition) is 3. The van der Waals surface area contributed by atoms with Crippen LogP contribution >= 0.6 is 0 Å². The van der Waals surface area contributed by atoms with Crippen LogP contribution in [0.5, 0.6) is 0 Å². The fourth-order valence-corrected chi connectivity index (χ4v) is 2.93. The van der Waals surface area contributed by atoms with E-state index in [9.17, 15) is 4.79 Å². The number of nitrogens with one attached hydrogen (secondary N) is 1. The second-order valence-corrected chi connectivity index (χ2v) is 6.21. The Morgan fingerprint density at radius 2 is 1.91 bits per heavy atom. The molecule has 23 heavy (non-hydrogen) atoms. The molecule has 0 atom stereocenters. The van der Waals surface area contributed by atoms with Gasteiger partial charge in [0, 0.05) is 31.5 Å². The van der Waals surface area contributed by atoms with Gasteiger partial charge in [0.2, 0.25) is 5.91 Å². The first-order chi connectivity index (χ1) is 11.2. The van der Waals surface area contributed by atoms with E-state index in [1.807, 2.05) is 13.1 Å². The summed E-state index contributed by atoms with van der Waals surface area (Å²) in [5, 5.41) is 7.07. The Labute approximate surface area is 137 Å². The first-order valence-electron chi connectivity index (χ1n) is 8.30. The number of aryl methyl sites for hydroxylation is 1. The lowest BCUT2D eigenvalue weighted by Crippen LogP contribution is -2.29. The number of carbonyl (C=O) groups is 1. The summed E-state index contributed by atoms with van der Waals surface area (Å²) in [5.41, 5.74) is 3.47. The second-order valence-electron chi connectivity index (χ2n) is 6.21. The third-order valence-corrected chi connectivity index (χ3v) is 4.22. The largest absolute Gasteiger partial charge is 0.372 e. The van der Waals surface area contributed by atoms with E-state index in [4.69, 9.17) is 0 Å². The number of piperidine rings is 1. The monoisotopic (exact) mass is 312 g/mol. The van der Waals surface area contributed by atoms with Crippen LogP contribution in [0.25, 0.3) is 0 Å². The van der Waals surface area contributed by atoms with Crippen LogP contribution in [0, 0.1) is 6.92 Å². The molecule has 0 saturated carbocycles. The fraction of sp³-hybridized carbons (Fsp3) is 0.444. The van der Waals surface area contributed by atoms with E-state index in [-0.39, 0.29) is 12.5 Å². The van der Waals surface area contributed by atoms with Crippen molar-refractivity contribution >= 4 is 11.6 Å². The Morgan fingerprint density at radius 1 is 1.17 bits per heavy atom. The van der Waals surface area contributed by atoms with Gasteiger partial charge in [0.1, 0.15) is 6.54 Å². The number of rotatable bonds is 5. The van der Waals surface area contributed by atoms with Crippen molar-refractivity contribution in [1.82, 2.24) is 15.1 Å². The molecule has 2 aromatic rings. The van der Waals surface area contributed by atoms with Crippen molar-refractivity contribution in [1.29, 1.82) is 0 Å². The Bertz CT molecular complexity index is 641. The van der Waals surface area contributed by atoms with Crippen LogP contribution in [0.1, 0.15) is 30.4 Å². The zero-order valence-electron chi connectivity index (χ0n) is 13.7. The lowest BCUT2D eigenvalue weighted by molar-refractivity contribution is -0.122. The van der Waals surface area contributed by atoms with Crippen molar-refractivity contribution in [2.24, 2.45) is 0 Å². The van der Waals surface area contributed by atoms with Crippen molar-refractivity contribution in [3.8, 4) is 0 Å². The minimum Gasteiger partial charge on any atom is -0.372 e. The van der Waals surface area contributed by atoms with Crippen molar-refractivity contribution < 1.29 is 4.79 Å². The lowest BCUT2D eigenvalue weighted by atomic mass is 10.1. The van der Waals surface area contributed by atoms with Gasteiger partial charge in [-0.05, 0) is 49.4 Å². The van der Waals surface area contributed by atoms with Gasteiger partial charge < -0.3 is 10.2 Å². The molecule has 0 aliphatic carbocycles. The first-order valence-corrected chi connectivity index (χ1v) is 8.30. The van der Waals surface area contributed by atoms with Crippen LogP contribution in [-0.2, 0) is 17.9 Å². The molecule has 1 aromatic heterocycles. The van der Waals surface area contributed by atoms with Crippen molar-refractivity contribution in [2.75, 3.05) is 18.0 Å². The maximum Gasteiger partial charge on any atom is 0.241 e. The highest BCUT2D eigenvalue weighted by molar-refractivity contribution is 5.75. The molecule has 0 radical (unpaired) electrons. The maximum atomic E-state index is 11.9. The van der Waals surface area contributed by atoms with Crippen molar-refractivity contribution in [3.05, 3.63) is 47.8 Å². The van der Waals surface area contributed by atoms with Gasteiger partial charge in [-0.3, -0.25) is 9.48 Å². The highest BCUT2D eigenvalue weighted by atomic mass is 16.2. The summed E-state index contributed by atoms with van der Waals surface area (Å²) in [6.07, 6.45) is 7.53. The van der Waals surface area contributed by atoms with Crippen LogP contribution in [0.4, 0.5) is 5.69 Å². The molecule has 1 N–H and O–H groups in total. The number of nitrogens with zero attached hydrogens (tertiary/aromatic N) is 3. The Morgan fingerprint density at radius 3 is 2.57 bits per heavy atom. The minimum absolute atomic E-state index is 0.0202. The Balaban J connectivity index is 1.49. The number of amides is 1. The third kappa shape index (κ3) is 4.34. The van der Waals surface area contributed by atoms with Crippen LogP contribution < -0.4 is 10.2 Å². The average molecular weight is 312 g/mol. The number of benzene rings is 1. The topological polar surface area (TPSA) is 50.2 Å². The molecule has 1 fully saturated rings.